The van der Waals surface area contributed by atoms with E-state index in [-0.39, 0.29) is 23.7 Å². The number of rotatable bonds is 8. The van der Waals surface area contributed by atoms with Crippen molar-refractivity contribution < 1.29 is 33.5 Å². The van der Waals surface area contributed by atoms with Crippen molar-refractivity contribution >= 4 is 34.5 Å². The maximum Gasteiger partial charge on any atom is 0.410 e. The molecule has 2 aliphatic rings. The van der Waals surface area contributed by atoms with Crippen LogP contribution in [0.1, 0.15) is 72.4 Å². The third-order valence-corrected chi connectivity index (χ3v) is 9.26. The molecule has 2 atom stereocenters. The number of fused-ring (bicyclic) bond motifs is 2. The summed E-state index contributed by atoms with van der Waals surface area (Å²) in [5.41, 5.74) is 0.954. The Hall–Kier alpha value is -5.25. The summed E-state index contributed by atoms with van der Waals surface area (Å²) in [6.07, 6.45) is 0.863. The zero-order valence-electron chi connectivity index (χ0n) is 26.8. The zero-order valence-corrected chi connectivity index (χ0v) is 26.8. The highest BCUT2D eigenvalue weighted by molar-refractivity contribution is 6.04. The lowest BCUT2D eigenvalue weighted by molar-refractivity contribution is -0.384. The maximum atomic E-state index is 13.9. The summed E-state index contributed by atoms with van der Waals surface area (Å²) >= 11 is 0. The molecule has 10 heteroatoms. The van der Waals surface area contributed by atoms with Crippen molar-refractivity contribution in [3.05, 3.63) is 111 Å². The van der Waals surface area contributed by atoms with E-state index in [0.29, 0.717) is 25.9 Å². The van der Waals surface area contributed by atoms with Crippen LogP contribution in [0.5, 0.6) is 0 Å². The molecule has 1 fully saturated rings. The SMILES string of the molecule is CCC(C)(C)OC(=O)N1CCC(COC(=O)c2cc(C(=O)OC3(C)c4ccccc4-c4cccc5cccc3c45)cc([N+](=O)[O-])c2)C1. The monoisotopic (exact) mass is 636 g/mol. The lowest BCUT2D eigenvalue weighted by atomic mass is 9.74. The van der Waals surface area contributed by atoms with E-state index >= 15 is 0 Å². The summed E-state index contributed by atoms with van der Waals surface area (Å²) in [6.45, 7) is 8.26. The van der Waals surface area contributed by atoms with Crippen molar-refractivity contribution in [1.82, 2.24) is 4.90 Å². The lowest BCUT2D eigenvalue weighted by Crippen LogP contribution is -2.36. The van der Waals surface area contributed by atoms with Crippen LogP contribution in [0.3, 0.4) is 0 Å². The Labute approximate surface area is 272 Å². The second kappa shape index (κ2) is 12.2. The van der Waals surface area contributed by atoms with E-state index in [1.807, 2.05) is 88.4 Å². The number of non-ortho nitro benzene ring substituents is 1. The smallest absolute Gasteiger partial charge is 0.410 e. The Morgan fingerprint density at radius 3 is 2.32 bits per heavy atom. The molecular formula is C37H36N2O8. The van der Waals surface area contributed by atoms with Gasteiger partial charge in [-0.25, -0.2) is 14.4 Å². The highest BCUT2D eigenvalue weighted by atomic mass is 16.6. The molecule has 0 radical (unpaired) electrons. The molecule has 1 aliphatic carbocycles. The molecule has 1 aliphatic heterocycles. The minimum Gasteiger partial charge on any atom is -0.462 e. The van der Waals surface area contributed by atoms with Crippen LogP contribution < -0.4 is 0 Å². The number of nitro groups is 1. The van der Waals surface area contributed by atoms with Gasteiger partial charge in [0.2, 0.25) is 0 Å². The van der Waals surface area contributed by atoms with Gasteiger partial charge in [0.15, 0.2) is 5.60 Å². The van der Waals surface area contributed by atoms with E-state index in [4.69, 9.17) is 14.2 Å². The van der Waals surface area contributed by atoms with Crippen molar-refractivity contribution in [2.24, 2.45) is 5.92 Å². The van der Waals surface area contributed by atoms with Crippen molar-refractivity contribution in [1.29, 1.82) is 0 Å². The molecule has 1 amide bonds. The first-order chi connectivity index (χ1) is 22.4. The molecule has 1 saturated heterocycles. The number of hydrogen-bond acceptors (Lipinski definition) is 8. The lowest BCUT2D eigenvalue weighted by Gasteiger charge is -2.37. The van der Waals surface area contributed by atoms with E-state index in [9.17, 15) is 24.5 Å². The van der Waals surface area contributed by atoms with Crippen molar-refractivity contribution in [2.75, 3.05) is 19.7 Å². The van der Waals surface area contributed by atoms with Gasteiger partial charge >= 0.3 is 18.0 Å². The quantitative estimate of drug-likeness (QED) is 0.0836. The number of carbonyl (C=O) groups excluding carboxylic acids is 3. The highest BCUT2D eigenvalue weighted by Crippen LogP contribution is 2.49. The first kappa shape index (κ1) is 31.7. The molecule has 2 unspecified atom stereocenters. The molecular weight excluding hydrogens is 600 g/mol. The van der Waals surface area contributed by atoms with E-state index in [1.165, 1.54) is 6.07 Å². The molecule has 1 heterocycles. The molecule has 242 valence electrons. The fraction of sp³-hybridized carbons (Fsp3) is 0.324. The summed E-state index contributed by atoms with van der Waals surface area (Å²) in [5, 5.41) is 13.8. The highest BCUT2D eigenvalue weighted by Gasteiger charge is 2.41. The van der Waals surface area contributed by atoms with Crippen LogP contribution in [0.15, 0.2) is 78.9 Å². The van der Waals surface area contributed by atoms with Crippen LogP contribution in [0.2, 0.25) is 0 Å². The largest absolute Gasteiger partial charge is 0.462 e. The van der Waals surface area contributed by atoms with Gasteiger partial charge in [0, 0.05) is 42.3 Å². The number of hydrogen-bond donors (Lipinski definition) is 0. The summed E-state index contributed by atoms with van der Waals surface area (Å²) in [5.74, 6) is -1.77. The number of benzene rings is 4. The molecule has 10 nitrogen and oxygen atoms in total. The van der Waals surface area contributed by atoms with E-state index in [1.54, 1.807) is 4.90 Å². The fourth-order valence-corrected chi connectivity index (χ4v) is 6.33. The van der Waals surface area contributed by atoms with Gasteiger partial charge in [-0.05, 0) is 61.6 Å². The third kappa shape index (κ3) is 6.03. The maximum absolute atomic E-state index is 13.9. The Morgan fingerprint density at radius 1 is 0.936 bits per heavy atom. The minimum absolute atomic E-state index is 0.000521. The molecule has 0 spiro atoms. The Kier molecular flexibility index (Phi) is 8.21. The Balaban J connectivity index is 1.23. The van der Waals surface area contributed by atoms with Gasteiger partial charge in [-0.15, -0.1) is 0 Å². The van der Waals surface area contributed by atoms with Gasteiger partial charge < -0.3 is 19.1 Å². The number of nitro benzene ring substituents is 1. The van der Waals surface area contributed by atoms with Gasteiger partial charge in [0.25, 0.3) is 5.69 Å². The van der Waals surface area contributed by atoms with Crippen LogP contribution in [-0.4, -0.2) is 53.2 Å². The van der Waals surface area contributed by atoms with Gasteiger partial charge in [-0.2, -0.15) is 0 Å². The normalized spacial score (nSPS) is 18.4. The number of nitrogens with zero attached hydrogens (tertiary/aromatic N) is 2. The molecule has 0 aromatic heterocycles. The number of carbonyl (C=O) groups is 3. The standard InChI is InChI=1S/C37H36N2O8/c1-5-36(2,3)47-35(42)38-17-16-23(21-38)22-45-33(40)25-18-26(20-27(19-25)39(43)44)34(41)46-37(4)30-14-7-6-12-28(30)29-13-8-10-24-11-9-15-31(37)32(24)29/h6-15,18-20,23H,5,16-17,21-22H2,1-4H3. The van der Waals surface area contributed by atoms with Crippen molar-refractivity contribution in [2.45, 2.75) is 51.7 Å². The average molecular weight is 637 g/mol. The fourth-order valence-electron chi connectivity index (χ4n) is 6.33. The van der Waals surface area contributed by atoms with Crippen molar-refractivity contribution in [3.63, 3.8) is 0 Å². The van der Waals surface area contributed by atoms with Crippen LogP contribution in [0.4, 0.5) is 10.5 Å². The Morgan fingerprint density at radius 2 is 1.60 bits per heavy atom. The topological polar surface area (TPSA) is 125 Å². The van der Waals surface area contributed by atoms with Gasteiger partial charge in [0.1, 0.15) is 5.60 Å². The molecule has 4 aromatic carbocycles. The van der Waals surface area contributed by atoms with Crippen LogP contribution in [-0.2, 0) is 19.8 Å². The molecule has 0 N–H and O–H groups in total. The van der Waals surface area contributed by atoms with Crippen LogP contribution >= 0.6 is 0 Å². The van der Waals surface area contributed by atoms with Gasteiger partial charge in [-0.1, -0.05) is 67.6 Å². The summed E-state index contributed by atoms with van der Waals surface area (Å²) in [6, 6.07) is 23.0. The predicted octanol–water partition coefficient (Wildman–Crippen LogP) is 7.65. The van der Waals surface area contributed by atoms with Crippen LogP contribution in [0, 0.1) is 16.0 Å². The second-order valence-corrected chi connectivity index (χ2v) is 12.9. The summed E-state index contributed by atoms with van der Waals surface area (Å²) < 4.78 is 17.4. The van der Waals surface area contributed by atoms with Crippen LogP contribution in [0.25, 0.3) is 21.9 Å². The Bertz CT molecular complexity index is 1910. The molecule has 6 rings (SSSR count). The zero-order chi connectivity index (χ0) is 33.5. The average Bonchev–Trinajstić information content (AvgIpc) is 3.55. The number of ether oxygens (including phenoxy) is 3. The third-order valence-electron chi connectivity index (χ3n) is 9.26. The van der Waals surface area contributed by atoms with Gasteiger partial charge in [-0.3, -0.25) is 10.1 Å². The van der Waals surface area contributed by atoms with Gasteiger partial charge in [0.05, 0.1) is 22.7 Å². The van der Waals surface area contributed by atoms with E-state index < -0.39 is 39.8 Å². The minimum atomic E-state index is -1.23. The molecule has 0 bridgehead atoms. The molecule has 0 saturated carbocycles. The van der Waals surface area contributed by atoms with E-state index in [0.717, 1.165) is 45.2 Å². The summed E-state index contributed by atoms with van der Waals surface area (Å²) in [4.78, 5) is 52.4. The molecule has 47 heavy (non-hydrogen) atoms. The number of esters is 2. The van der Waals surface area contributed by atoms with E-state index in [2.05, 4.69) is 0 Å². The first-order valence-electron chi connectivity index (χ1n) is 15.7. The predicted molar refractivity (Wildman–Crippen MR) is 175 cm³/mol. The first-order valence-corrected chi connectivity index (χ1v) is 15.7. The number of amides is 1. The molecule has 4 aromatic rings. The summed E-state index contributed by atoms with van der Waals surface area (Å²) in [7, 11) is 0. The number of likely N-dealkylation sites (tertiary alicyclic amines) is 1. The second-order valence-electron chi connectivity index (χ2n) is 12.9. The van der Waals surface area contributed by atoms with Crippen molar-refractivity contribution in [3.8, 4) is 11.1 Å².